The van der Waals surface area contributed by atoms with Crippen LogP contribution in [0, 0.1) is 0 Å². The third kappa shape index (κ3) is 2.71. The molecular formula is C17H17N3O3S. The highest BCUT2D eigenvalue weighted by molar-refractivity contribution is 7.08. The lowest BCUT2D eigenvalue weighted by Crippen LogP contribution is -2.43. The molecule has 0 atom stereocenters. The maximum Gasteiger partial charge on any atom is 0.258 e. The standard InChI is InChI=1S/C17H17N3O3S/c21-16(9-19-5-7-23-8-6-19)20-14-4-2-1-3-13(14)18-17(22)12-10-24-11-15(12)20/h1-4,10-11H,5-9H2,(H,18,22). The Hall–Kier alpha value is -2.22. The fraction of sp³-hybridized carbons (Fsp3) is 0.294. The minimum Gasteiger partial charge on any atom is -0.379 e. The molecule has 124 valence electrons. The normalized spacial score (nSPS) is 17.7. The number of benzene rings is 1. The number of carbonyl (C=O) groups is 2. The maximum absolute atomic E-state index is 13.1. The number of thiophene rings is 1. The second-order valence-corrected chi connectivity index (χ2v) is 6.50. The molecule has 1 N–H and O–H groups in total. The third-order valence-corrected chi connectivity index (χ3v) is 4.96. The van der Waals surface area contributed by atoms with Crippen molar-refractivity contribution in [1.82, 2.24) is 4.90 Å². The SMILES string of the molecule is O=C1Nc2ccccc2N(C(=O)CN2CCOCC2)c2cscc21. The van der Waals surface area contributed by atoms with Crippen LogP contribution in [0.15, 0.2) is 35.0 Å². The molecule has 2 aromatic rings. The van der Waals surface area contributed by atoms with Crippen LogP contribution in [0.1, 0.15) is 10.4 Å². The Labute approximate surface area is 143 Å². The summed E-state index contributed by atoms with van der Waals surface area (Å²) in [6, 6.07) is 7.40. The number of para-hydroxylation sites is 2. The van der Waals surface area contributed by atoms with Crippen molar-refractivity contribution in [2.45, 2.75) is 0 Å². The quantitative estimate of drug-likeness (QED) is 0.909. The van der Waals surface area contributed by atoms with Gasteiger partial charge >= 0.3 is 0 Å². The van der Waals surface area contributed by atoms with Gasteiger partial charge in [0, 0.05) is 23.8 Å². The predicted octanol–water partition coefficient (Wildman–Crippen LogP) is 2.31. The number of nitrogens with one attached hydrogen (secondary N) is 1. The molecule has 6 nitrogen and oxygen atoms in total. The molecule has 0 aliphatic carbocycles. The van der Waals surface area contributed by atoms with Gasteiger partial charge in [0.2, 0.25) is 5.91 Å². The molecule has 24 heavy (non-hydrogen) atoms. The number of carbonyl (C=O) groups excluding carboxylic acids is 2. The van der Waals surface area contributed by atoms with Crippen molar-refractivity contribution in [3.8, 4) is 0 Å². The minimum atomic E-state index is -0.180. The van der Waals surface area contributed by atoms with Crippen LogP contribution in [0.2, 0.25) is 0 Å². The smallest absolute Gasteiger partial charge is 0.258 e. The van der Waals surface area contributed by atoms with Gasteiger partial charge in [0.15, 0.2) is 0 Å². The summed E-state index contributed by atoms with van der Waals surface area (Å²) in [5.74, 6) is -0.221. The molecule has 4 rings (SSSR count). The van der Waals surface area contributed by atoms with Crippen LogP contribution in [-0.4, -0.2) is 49.6 Å². The number of anilines is 3. The summed E-state index contributed by atoms with van der Waals surface area (Å²) in [6.07, 6.45) is 0. The fourth-order valence-corrected chi connectivity index (χ4v) is 3.81. The first kappa shape index (κ1) is 15.3. The topological polar surface area (TPSA) is 61.9 Å². The van der Waals surface area contributed by atoms with E-state index in [4.69, 9.17) is 4.74 Å². The zero-order valence-electron chi connectivity index (χ0n) is 13.0. The number of rotatable bonds is 2. The number of ether oxygens (including phenoxy) is 1. The first-order valence-corrected chi connectivity index (χ1v) is 8.78. The summed E-state index contributed by atoms with van der Waals surface area (Å²) < 4.78 is 5.34. The summed E-state index contributed by atoms with van der Waals surface area (Å²) in [6.45, 7) is 3.09. The highest BCUT2D eigenvalue weighted by atomic mass is 32.1. The van der Waals surface area contributed by atoms with Gasteiger partial charge in [0.05, 0.1) is 42.4 Å². The lowest BCUT2D eigenvalue weighted by Gasteiger charge is -2.29. The van der Waals surface area contributed by atoms with Gasteiger partial charge in [0.1, 0.15) is 0 Å². The van der Waals surface area contributed by atoms with E-state index in [1.165, 1.54) is 11.3 Å². The monoisotopic (exact) mass is 343 g/mol. The largest absolute Gasteiger partial charge is 0.379 e. The Kier molecular flexibility index (Phi) is 4.05. The first-order chi connectivity index (χ1) is 11.7. The van der Waals surface area contributed by atoms with Gasteiger partial charge in [-0.25, -0.2) is 0 Å². The average Bonchev–Trinajstić information content (AvgIpc) is 3.03. The third-order valence-electron chi connectivity index (χ3n) is 4.23. The van der Waals surface area contributed by atoms with Crippen LogP contribution in [0.25, 0.3) is 0 Å². The highest BCUT2D eigenvalue weighted by Gasteiger charge is 2.30. The van der Waals surface area contributed by atoms with E-state index in [0.717, 1.165) is 13.1 Å². The number of hydrogen-bond acceptors (Lipinski definition) is 5. The van der Waals surface area contributed by atoms with E-state index in [9.17, 15) is 9.59 Å². The van der Waals surface area contributed by atoms with E-state index >= 15 is 0 Å². The molecule has 2 aliphatic heterocycles. The Morgan fingerprint density at radius 1 is 1.17 bits per heavy atom. The van der Waals surface area contributed by atoms with E-state index in [2.05, 4.69) is 10.2 Å². The molecule has 0 spiro atoms. The van der Waals surface area contributed by atoms with Gasteiger partial charge in [-0.1, -0.05) is 12.1 Å². The summed E-state index contributed by atoms with van der Waals surface area (Å²) >= 11 is 1.42. The predicted molar refractivity (Wildman–Crippen MR) is 93.1 cm³/mol. The Balaban J connectivity index is 1.72. The molecule has 0 bridgehead atoms. The van der Waals surface area contributed by atoms with Crippen molar-refractivity contribution in [1.29, 1.82) is 0 Å². The van der Waals surface area contributed by atoms with Crippen molar-refractivity contribution in [2.75, 3.05) is 43.1 Å². The fourth-order valence-electron chi connectivity index (χ4n) is 3.02. The number of nitrogens with zero attached hydrogens (tertiary/aromatic N) is 2. The molecule has 0 saturated carbocycles. The highest BCUT2D eigenvalue weighted by Crippen LogP contribution is 2.39. The van der Waals surface area contributed by atoms with Crippen LogP contribution >= 0.6 is 11.3 Å². The molecule has 1 aromatic heterocycles. The number of hydrogen-bond donors (Lipinski definition) is 1. The van der Waals surface area contributed by atoms with Crippen molar-refractivity contribution in [2.24, 2.45) is 0 Å². The van der Waals surface area contributed by atoms with Crippen LogP contribution in [0.5, 0.6) is 0 Å². The first-order valence-electron chi connectivity index (χ1n) is 7.83. The average molecular weight is 343 g/mol. The van der Waals surface area contributed by atoms with Crippen molar-refractivity contribution < 1.29 is 14.3 Å². The van der Waals surface area contributed by atoms with Gasteiger partial charge in [0.25, 0.3) is 5.91 Å². The van der Waals surface area contributed by atoms with E-state index in [1.54, 1.807) is 10.3 Å². The molecular weight excluding hydrogens is 326 g/mol. The van der Waals surface area contributed by atoms with Gasteiger partial charge in [-0.2, -0.15) is 0 Å². The van der Waals surface area contributed by atoms with E-state index in [-0.39, 0.29) is 11.8 Å². The lowest BCUT2D eigenvalue weighted by atomic mass is 10.2. The second-order valence-electron chi connectivity index (χ2n) is 5.76. The van der Waals surface area contributed by atoms with Crippen LogP contribution in [0.3, 0.4) is 0 Å². The molecule has 1 saturated heterocycles. The van der Waals surface area contributed by atoms with Crippen molar-refractivity contribution in [3.63, 3.8) is 0 Å². The van der Waals surface area contributed by atoms with Gasteiger partial charge in [-0.3, -0.25) is 19.4 Å². The zero-order chi connectivity index (χ0) is 16.5. The lowest BCUT2D eigenvalue weighted by molar-refractivity contribution is -0.120. The number of amides is 2. The molecule has 2 aliphatic rings. The zero-order valence-corrected chi connectivity index (χ0v) is 13.8. The summed E-state index contributed by atoms with van der Waals surface area (Å²) in [7, 11) is 0. The van der Waals surface area contributed by atoms with Crippen LogP contribution in [-0.2, 0) is 9.53 Å². The minimum absolute atomic E-state index is 0.0412. The van der Waals surface area contributed by atoms with E-state index < -0.39 is 0 Å². The van der Waals surface area contributed by atoms with Gasteiger partial charge in [-0.05, 0) is 12.1 Å². The summed E-state index contributed by atoms with van der Waals surface area (Å²) in [5, 5.41) is 6.53. The van der Waals surface area contributed by atoms with E-state index in [0.29, 0.717) is 42.4 Å². The molecule has 1 aromatic carbocycles. The van der Waals surface area contributed by atoms with Gasteiger partial charge in [-0.15, -0.1) is 11.3 Å². The van der Waals surface area contributed by atoms with E-state index in [1.807, 2.05) is 29.6 Å². The Morgan fingerprint density at radius 2 is 1.96 bits per heavy atom. The van der Waals surface area contributed by atoms with Crippen molar-refractivity contribution >= 4 is 40.2 Å². The summed E-state index contributed by atoms with van der Waals surface area (Å²) in [5.41, 5.74) is 2.55. The van der Waals surface area contributed by atoms with Gasteiger partial charge < -0.3 is 10.1 Å². The van der Waals surface area contributed by atoms with Crippen LogP contribution < -0.4 is 10.2 Å². The molecule has 3 heterocycles. The van der Waals surface area contributed by atoms with Crippen LogP contribution in [0.4, 0.5) is 17.1 Å². The summed E-state index contributed by atoms with van der Waals surface area (Å²) in [4.78, 5) is 29.2. The maximum atomic E-state index is 13.1. The second kappa shape index (κ2) is 6.35. The molecule has 7 heteroatoms. The Morgan fingerprint density at radius 3 is 2.79 bits per heavy atom. The molecule has 1 fully saturated rings. The molecule has 0 unspecified atom stereocenters. The number of morpholine rings is 1. The Bertz CT molecular complexity index is 783. The molecule has 2 amide bonds. The van der Waals surface area contributed by atoms with Crippen molar-refractivity contribution in [3.05, 3.63) is 40.6 Å². The molecule has 0 radical (unpaired) electrons. The number of fused-ring (bicyclic) bond motifs is 2.